The maximum atomic E-state index is 12.6. The van der Waals surface area contributed by atoms with E-state index in [0.29, 0.717) is 24.9 Å². The van der Waals surface area contributed by atoms with Crippen molar-refractivity contribution in [1.82, 2.24) is 10.2 Å². The number of likely N-dealkylation sites (tertiary alicyclic amines) is 1. The van der Waals surface area contributed by atoms with Crippen LogP contribution in [0.15, 0.2) is 40.8 Å². The van der Waals surface area contributed by atoms with Crippen molar-refractivity contribution in [3.05, 3.63) is 41.5 Å². The molecule has 0 radical (unpaired) electrons. The summed E-state index contributed by atoms with van der Waals surface area (Å²) in [5.74, 6) is 0.944. The van der Waals surface area contributed by atoms with E-state index in [1.807, 2.05) is 24.3 Å². The molecule has 1 fully saturated rings. The second-order valence-electron chi connectivity index (χ2n) is 6.07. The smallest absolute Gasteiger partial charge is 0.252 e. The van der Waals surface area contributed by atoms with Gasteiger partial charge in [-0.05, 0) is 32.4 Å². The van der Waals surface area contributed by atoms with Gasteiger partial charge in [0.2, 0.25) is 5.91 Å². The van der Waals surface area contributed by atoms with E-state index < -0.39 is 0 Å². The predicted octanol–water partition coefficient (Wildman–Crippen LogP) is 3.10. The number of allylic oxidation sites excluding steroid dienone is 1. The van der Waals surface area contributed by atoms with Crippen LogP contribution in [-0.2, 0) is 4.79 Å². The quantitative estimate of drug-likeness (QED) is 0.666. The lowest BCUT2D eigenvalue weighted by atomic mass is 10.1. The highest BCUT2D eigenvalue weighted by Gasteiger charge is 2.24. The molecule has 2 amide bonds. The molecule has 0 bridgehead atoms. The van der Waals surface area contributed by atoms with Crippen molar-refractivity contribution in [1.29, 1.82) is 0 Å². The van der Waals surface area contributed by atoms with Gasteiger partial charge in [-0.15, -0.1) is 11.8 Å². The molecule has 1 N–H and O–H groups in total. The largest absolute Gasteiger partial charge is 0.347 e. The first-order chi connectivity index (χ1) is 11.0. The first-order valence-corrected chi connectivity index (χ1v) is 8.86. The SMILES string of the molecule is CC(C)=CCSc1ccccc1C(=O)N[C@@H]1CCC(=O)N(C)C1. The molecule has 23 heavy (non-hydrogen) atoms. The normalized spacial score (nSPS) is 17.8. The van der Waals surface area contributed by atoms with Gasteiger partial charge in [0.25, 0.3) is 5.91 Å². The van der Waals surface area contributed by atoms with E-state index in [-0.39, 0.29) is 17.9 Å². The van der Waals surface area contributed by atoms with Crippen molar-refractivity contribution in [2.24, 2.45) is 0 Å². The van der Waals surface area contributed by atoms with Crippen molar-refractivity contribution in [2.45, 2.75) is 37.6 Å². The number of amides is 2. The molecule has 5 heteroatoms. The number of carbonyl (C=O) groups excluding carboxylic acids is 2. The van der Waals surface area contributed by atoms with Crippen LogP contribution >= 0.6 is 11.8 Å². The number of nitrogens with zero attached hydrogens (tertiary/aromatic N) is 1. The van der Waals surface area contributed by atoms with E-state index in [2.05, 4.69) is 25.2 Å². The number of thioether (sulfide) groups is 1. The Balaban J connectivity index is 2.01. The highest BCUT2D eigenvalue weighted by Crippen LogP contribution is 2.23. The van der Waals surface area contributed by atoms with Crippen LogP contribution in [0.1, 0.15) is 37.0 Å². The van der Waals surface area contributed by atoms with Crippen LogP contribution in [0.2, 0.25) is 0 Å². The molecule has 0 saturated carbocycles. The van der Waals surface area contributed by atoms with Crippen LogP contribution < -0.4 is 5.32 Å². The zero-order chi connectivity index (χ0) is 16.8. The minimum atomic E-state index is -0.0574. The van der Waals surface area contributed by atoms with Crippen molar-refractivity contribution >= 4 is 23.6 Å². The van der Waals surface area contributed by atoms with Gasteiger partial charge in [-0.2, -0.15) is 0 Å². The molecule has 1 heterocycles. The summed E-state index contributed by atoms with van der Waals surface area (Å²) in [6.07, 6.45) is 3.36. The van der Waals surface area contributed by atoms with Crippen LogP contribution in [0.3, 0.4) is 0 Å². The molecule has 0 spiro atoms. The van der Waals surface area contributed by atoms with Gasteiger partial charge in [-0.25, -0.2) is 0 Å². The molecule has 1 aliphatic heterocycles. The van der Waals surface area contributed by atoms with Gasteiger partial charge in [-0.3, -0.25) is 9.59 Å². The first kappa shape index (κ1) is 17.6. The molecule has 0 aliphatic carbocycles. The minimum absolute atomic E-state index is 0.0287. The average molecular weight is 332 g/mol. The lowest BCUT2D eigenvalue weighted by Gasteiger charge is -2.30. The third-order valence-electron chi connectivity index (χ3n) is 3.82. The predicted molar refractivity (Wildman–Crippen MR) is 94.7 cm³/mol. The number of hydrogen-bond acceptors (Lipinski definition) is 3. The van der Waals surface area contributed by atoms with E-state index in [1.165, 1.54) is 5.57 Å². The lowest BCUT2D eigenvalue weighted by molar-refractivity contribution is -0.132. The number of nitrogens with one attached hydrogen (secondary N) is 1. The lowest BCUT2D eigenvalue weighted by Crippen LogP contribution is -2.48. The molecule has 1 aliphatic rings. The number of benzene rings is 1. The summed E-state index contributed by atoms with van der Waals surface area (Å²) in [7, 11) is 1.78. The Morgan fingerprint density at radius 3 is 2.83 bits per heavy atom. The van der Waals surface area contributed by atoms with Crippen molar-refractivity contribution < 1.29 is 9.59 Å². The van der Waals surface area contributed by atoms with E-state index >= 15 is 0 Å². The maximum absolute atomic E-state index is 12.6. The van der Waals surface area contributed by atoms with Gasteiger partial charge in [0.05, 0.1) is 5.56 Å². The molecule has 1 saturated heterocycles. The van der Waals surface area contributed by atoms with E-state index in [0.717, 1.165) is 10.6 Å². The van der Waals surface area contributed by atoms with Crippen molar-refractivity contribution in [3.8, 4) is 0 Å². The topological polar surface area (TPSA) is 49.4 Å². The Hall–Kier alpha value is -1.75. The summed E-state index contributed by atoms with van der Waals surface area (Å²) in [6, 6.07) is 7.71. The Kier molecular flexibility index (Phi) is 6.28. The van der Waals surface area contributed by atoms with Gasteiger partial charge in [-0.1, -0.05) is 23.8 Å². The monoisotopic (exact) mass is 332 g/mol. The number of carbonyl (C=O) groups is 2. The molecular weight excluding hydrogens is 308 g/mol. The van der Waals surface area contributed by atoms with E-state index in [1.54, 1.807) is 23.7 Å². The summed E-state index contributed by atoms with van der Waals surface area (Å²) in [5, 5.41) is 3.06. The Morgan fingerprint density at radius 1 is 1.39 bits per heavy atom. The summed E-state index contributed by atoms with van der Waals surface area (Å²) in [6.45, 7) is 4.72. The van der Waals surface area contributed by atoms with Crippen LogP contribution in [-0.4, -0.2) is 42.1 Å². The van der Waals surface area contributed by atoms with E-state index in [9.17, 15) is 9.59 Å². The molecule has 0 aromatic heterocycles. The fraction of sp³-hybridized carbons (Fsp3) is 0.444. The van der Waals surface area contributed by atoms with Crippen LogP contribution in [0, 0.1) is 0 Å². The summed E-state index contributed by atoms with van der Waals surface area (Å²) in [5.41, 5.74) is 1.98. The standard InChI is InChI=1S/C18H24N2O2S/c1-13(2)10-11-23-16-7-5-4-6-15(16)18(22)19-14-8-9-17(21)20(3)12-14/h4-7,10,14H,8-9,11-12H2,1-3H3,(H,19,22)/t14-/m1/s1. The average Bonchev–Trinajstić information content (AvgIpc) is 2.51. The fourth-order valence-electron chi connectivity index (χ4n) is 2.47. The highest BCUT2D eigenvalue weighted by molar-refractivity contribution is 7.99. The van der Waals surface area contributed by atoms with E-state index in [4.69, 9.17) is 0 Å². The molecular formula is C18H24N2O2S. The second-order valence-corrected chi connectivity index (χ2v) is 7.13. The Labute approximate surface area is 142 Å². The zero-order valence-corrected chi connectivity index (χ0v) is 14.8. The van der Waals surface area contributed by atoms with Gasteiger partial charge >= 0.3 is 0 Å². The maximum Gasteiger partial charge on any atom is 0.252 e. The minimum Gasteiger partial charge on any atom is -0.347 e. The Bertz CT molecular complexity index is 609. The zero-order valence-electron chi connectivity index (χ0n) is 14.0. The van der Waals surface area contributed by atoms with Gasteiger partial charge in [0, 0.05) is 36.7 Å². The molecule has 0 unspecified atom stereocenters. The fourth-order valence-corrected chi connectivity index (χ4v) is 3.56. The van der Waals surface area contributed by atoms with Gasteiger partial charge < -0.3 is 10.2 Å². The molecule has 124 valence electrons. The second kappa shape index (κ2) is 8.20. The molecule has 1 atom stereocenters. The summed E-state index contributed by atoms with van der Waals surface area (Å²) >= 11 is 1.66. The molecule has 4 nitrogen and oxygen atoms in total. The summed E-state index contributed by atoms with van der Waals surface area (Å²) in [4.78, 5) is 26.8. The van der Waals surface area contributed by atoms with Gasteiger partial charge in [0.1, 0.15) is 0 Å². The first-order valence-electron chi connectivity index (χ1n) is 7.87. The number of piperidine rings is 1. The van der Waals surface area contributed by atoms with Crippen molar-refractivity contribution in [3.63, 3.8) is 0 Å². The molecule has 1 aromatic rings. The third-order valence-corrected chi connectivity index (χ3v) is 4.82. The number of likely N-dealkylation sites (N-methyl/N-ethyl adjacent to an activating group) is 1. The molecule has 1 aromatic carbocycles. The number of hydrogen-bond donors (Lipinski definition) is 1. The molecule has 2 rings (SSSR count). The van der Waals surface area contributed by atoms with Gasteiger partial charge in [0.15, 0.2) is 0 Å². The van der Waals surface area contributed by atoms with Crippen molar-refractivity contribution in [2.75, 3.05) is 19.3 Å². The third kappa shape index (κ3) is 5.13. The van der Waals surface area contributed by atoms with Crippen LogP contribution in [0.4, 0.5) is 0 Å². The van der Waals surface area contributed by atoms with Crippen LogP contribution in [0.5, 0.6) is 0 Å². The van der Waals surface area contributed by atoms with Crippen LogP contribution in [0.25, 0.3) is 0 Å². The number of rotatable bonds is 5. The Morgan fingerprint density at radius 2 is 2.13 bits per heavy atom. The highest BCUT2D eigenvalue weighted by atomic mass is 32.2. The summed E-state index contributed by atoms with van der Waals surface area (Å²) < 4.78 is 0.